The summed E-state index contributed by atoms with van der Waals surface area (Å²) in [4.78, 5) is 10.7. The van der Waals surface area contributed by atoms with Gasteiger partial charge in [-0.3, -0.25) is 4.79 Å². The van der Waals surface area contributed by atoms with E-state index in [0.717, 1.165) is 18.4 Å². The van der Waals surface area contributed by atoms with Crippen LogP contribution in [0.15, 0.2) is 11.6 Å². The lowest BCUT2D eigenvalue weighted by Gasteiger charge is -2.11. The smallest absolute Gasteiger partial charge is 0.248 e. The third-order valence-corrected chi connectivity index (χ3v) is 1.34. The van der Waals surface area contributed by atoms with E-state index in [1.807, 2.05) is 6.08 Å². The van der Waals surface area contributed by atoms with Crippen LogP contribution in [0, 0.1) is 0 Å². The van der Waals surface area contributed by atoms with E-state index in [2.05, 4.69) is 5.32 Å². The predicted molar refractivity (Wildman–Crippen MR) is 32.5 cm³/mol. The van der Waals surface area contributed by atoms with Crippen molar-refractivity contribution in [2.75, 3.05) is 6.73 Å². The third kappa shape index (κ3) is 1.29. The number of nitrogens with one attached hydrogen (secondary N) is 1. The van der Waals surface area contributed by atoms with Crippen LogP contribution in [0.25, 0.3) is 0 Å². The Kier molecular flexibility index (Phi) is 1.85. The van der Waals surface area contributed by atoms with E-state index in [1.54, 1.807) is 0 Å². The molecular weight excluding hydrogens is 118 g/mol. The highest BCUT2D eigenvalue weighted by Gasteiger charge is 2.12. The van der Waals surface area contributed by atoms with Crippen LogP contribution in [0.3, 0.4) is 0 Å². The molecule has 0 unspecified atom stereocenters. The molecule has 0 bridgehead atoms. The Hall–Kier alpha value is -0.830. The lowest BCUT2D eigenvalue weighted by molar-refractivity contribution is -0.118. The van der Waals surface area contributed by atoms with Gasteiger partial charge in [0.05, 0.1) is 0 Å². The van der Waals surface area contributed by atoms with Crippen molar-refractivity contribution in [2.24, 2.45) is 0 Å². The number of carbonyl (C=O) groups excluding carboxylic acids is 1. The molecule has 0 saturated heterocycles. The minimum Gasteiger partial charge on any atom is -0.376 e. The van der Waals surface area contributed by atoms with Crippen molar-refractivity contribution in [1.29, 1.82) is 0 Å². The molecular formula is C6H9NO2. The molecule has 0 radical (unpaired) electrons. The summed E-state index contributed by atoms with van der Waals surface area (Å²) in [5, 5.41) is 10.5. The highest BCUT2D eigenvalue weighted by atomic mass is 16.3. The number of hydrogen-bond acceptors (Lipinski definition) is 2. The van der Waals surface area contributed by atoms with E-state index >= 15 is 0 Å². The molecule has 0 fully saturated rings. The van der Waals surface area contributed by atoms with Gasteiger partial charge < -0.3 is 10.4 Å². The lowest BCUT2D eigenvalue weighted by Crippen LogP contribution is -2.27. The first-order valence-electron chi connectivity index (χ1n) is 2.92. The second kappa shape index (κ2) is 2.64. The van der Waals surface area contributed by atoms with E-state index in [4.69, 9.17) is 5.11 Å². The zero-order valence-electron chi connectivity index (χ0n) is 5.05. The highest BCUT2D eigenvalue weighted by Crippen LogP contribution is 2.16. The van der Waals surface area contributed by atoms with Crippen molar-refractivity contribution in [3.05, 3.63) is 11.6 Å². The van der Waals surface area contributed by atoms with Gasteiger partial charge in [0.2, 0.25) is 5.91 Å². The number of allylic oxidation sites excluding steroid dienone is 1. The van der Waals surface area contributed by atoms with Gasteiger partial charge in [0, 0.05) is 5.57 Å². The molecule has 0 spiro atoms. The van der Waals surface area contributed by atoms with Crippen molar-refractivity contribution in [1.82, 2.24) is 5.32 Å². The van der Waals surface area contributed by atoms with Gasteiger partial charge in [0.1, 0.15) is 6.73 Å². The summed E-state index contributed by atoms with van der Waals surface area (Å²) < 4.78 is 0. The molecule has 0 aromatic rings. The van der Waals surface area contributed by atoms with Crippen LogP contribution < -0.4 is 5.32 Å². The zero-order valence-corrected chi connectivity index (χ0v) is 5.05. The molecule has 2 N–H and O–H groups in total. The van der Waals surface area contributed by atoms with Gasteiger partial charge in [-0.05, 0) is 12.8 Å². The molecule has 0 aliphatic heterocycles. The molecule has 1 amide bonds. The minimum absolute atomic E-state index is 0.135. The molecule has 1 aliphatic carbocycles. The maximum atomic E-state index is 10.7. The number of hydrogen-bond donors (Lipinski definition) is 2. The summed E-state index contributed by atoms with van der Waals surface area (Å²) in [6.45, 7) is -0.268. The molecule has 3 heteroatoms. The largest absolute Gasteiger partial charge is 0.376 e. The first kappa shape index (κ1) is 6.29. The first-order valence-corrected chi connectivity index (χ1v) is 2.92. The summed E-state index contributed by atoms with van der Waals surface area (Å²) in [6.07, 6.45) is 3.71. The van der Waals surface area contributed by atoms with Crippen LogP contribution in [0.4, 0.5) is 0 Å². The fourth-order valence-corrected chi connectivity index (χ4v) is 0.680. The molecule has 3 nitrogen and oxygen atoms in total. The zero-order chi connectivity index (χ0) is 6.69. The molecule has 0 saturated carbocycles. The second-order valence-corrected chi connectivity index (χ2v) is 1.93. The quantitative estimate of drug-likeness (QED) is 0.503. The van der Waals surface area contributed by atoms with Crippen LogP contribution in [0.2, 0.25) is 0 Å². The maximum absolute atomic E-state index is 10.7. The fraction of sp³-hybridized carbons (Fsp3) is 0.500. The number of amides is 1. The van der Waals surface area contributed by atoms with E-state index < -0.39 is 0 Å². The molecule has 9 heavy (non-hydrogen) atoms. The number of rotatable bonds is 2. The van der Waals surface area contributed by atoms with Crippen molar-refractivity contribution in [3.63, 3.8) is 0 Å². The summed E-state index contributed by atoms with van der Waals surface area (Å²) in [5.41, 5.74) is 0.795. The fourth-order valence-electron chi connectivity index (χ4n) is 0.680. The monoisotopic (exact) mass is 127 g/mol. The van der Waals surface area contributed by atoms with E-state index in [0.29, 0.717) is 0 Å². The molecule has 0 aromatic heterocycles. The second-order valence-electron chi connectivity index (χ2n) is 1.93. The molecule has 0 heterocycles. The Morgan fingerprint density at radius 1 is 1.89 bits per heavy atom. The SMILES string of the molecule is O=C(NCO)C1=CCC1. The van der Waals surface area contributed by atoms with Crippen LogP contribution in [0.1, 0.15) is 12.8 Å². The van der Waals surface area contributed by atoms with Gasteiger partial charge in [-0.15, -0.1) is 0 Å². The Balaban J connectivity index is 2.33. The Bertz CT molecular complexity index is 151. The van der Waals surface area contributed by atoms with Crippen molar-refractivity contribution >= 4 is 5.91 Å². The standard InChI is InChI=1S/C6H9NO2/c8-4-7-6(9)5-2-1-3-5/h2,8H,1,3-4H2,(H,7,9). The normalized spacial score (nSPS) is 15.9. The lowest BCUT2D eigenvalue weighted by atomic mass is 9.99. The van der Waals surface area contributed by atoms with Gasteiger partial charge in [0.25, 0.3) is 0 Å². The van der Waals surface area contributed by atoms with Gasteiger partial charge in [-0.1, -0.05) is 6.08 Å². The van der Waals surface area contributed by atoms with Gasteiger partial charge >= 0.3 is 0 Å². The van der Waals surface area contributed by atoms with E-state index in [-0.39, 0.29) is 12.6 Å². The topological polar surface area (TPSA) is 49.3 Å². The third-order valence-electron chi connectivity index (χ3n) is 1.34. The van der Waals surface area contributed by atoms with Gasteiger partial charge in [-0.2, -0.15) is 0 Å². The van der Waals surface area contributed by atoms with Crippen molar-refractivity contribution in [2.45, 2.75) is 12.8 Å². The van der Waals surface area contributed by atoms with Gasteiger partial charge in [-0.25, -0.2) is 0 Å². The average molecular weight is 127 g/mol. The van der Waals surface area contributed by atoms with E-state index in [9.17, 15) is 4.79 Å². The van der Waals surface area contributed by atoms with Crippen LogP contribution in [0.5, 0.6) is 0 Å². The van der Waals surface area contributed by atoms with Crippen molar-refractivity contribution < 1.29 is 9.90 Å². The Labute approximate surface area is 53.4 Å². The molecule has 50 valence electrons. The highest BCUT2D eigenvalue weighted by molar-refractivity contribution is 5.94. The number of aliphatic hydroxyl groups is 1. The number of aliphatic hydroxyl groups excluding tert-OH is 1. The Morgan fingerprint density at radius 3 is 2.89 bits per heavy atom. The molecule has 1 aliphatic rings. The van der Waals surface area contributed by atoms with Gasteiger partial charge in [0.15, 0.2) is 0 Å². The van der Waals surface area contributed by atoms with Crippen LogP contribution in [-0.4, -0.2) is 17.7 Å². The molecule has 0 atom stereocenters. The predicted octanol–water partition coefficient (Wildman–Crippen LogP) is -0.227. The molecule has 1 rings (SSSR count). The van der Waals surface area contributed by atoms with Crippen LogP contribution in [-0.2, 0) is 4.79 Å². The first-order chi connectivity index (χ1) is 4.34. The Morgan fingerprint density at radius 2 is 2.56 bits per heavy atom. The summed E-state index contributed by atoms with van der Waals surface area (Å²) in [5.74, 6) is -0.135. The summed E-state index contributed by atoms with van der Waals surface area (Å²) >= 11 is 0. The summed E-state index contributed by atoms with van der Waals surface area (Å²) in [6, 6.07) is 0. The summed E-state index contributed by atoms with van der Waals surface area (Å²) in [7, 11) is 0. The average Bonchev–Trinajstić information content (AvgIpc) is 1.60. The maximum Gasteiger partial charge on any atom is 0.248 e. The minimum atomic E-state index is -0.268. The number of carbonyl (C=O) groups is 1. The van der Waals surface area contributed by atoms with E-state index in [1.165, 1.54) is 0 Å². The molecule has 0 aromatic carbocycles. The van der Waals surface area contributed by atoms with Crippen LogP contribution >= 0.6 is 0 Å². The van der Waals surface area contributed by atoms with Crippen molar-refractivity contribution in [3.8, 4) is 0 Å².